The van der Waals surface area contributed by atoms with Crippen LogP contribution in [-0.2, 0) is 12.6 Å². The highest BCUT2D eigenvalue weighted by atomic mass is 19.4. The van der Waals surface area contributed by atoms with Crippen molar-refractivity contribution in [2.45, 2.75) is 12.6 Å². The summed E-state index contributed by atoms with van der Waals surface area (Å²) in [5, 5.41) is 3.44. The maximum atomic E-state index is 12.5. The number of rotatable bonds is 3. The number of nitrogens with zero attached hydrogens (tertiary/aromatic N) is 1. The zero-order valence-corrected chi connectivity index (χ0v) is 9.07. The molecule has 0 spiro atoms. The summed E-state index contributed by atoms with van der Waals surface area (Å²) < 4.78 is 42.3. The molecule has 0 radical (unpaired) electrons. The smallest absolute Gasteiger partial charge is 0.360 e. The molecule has 0 atom stereocenters. The van der Waals surface area contributed by atoms with Crippen LogP contribution in [0.5, 0.6) is 0 Å². The van der Waals surface area contributed by atoms with Crippen LogP contribution in [-0.4, -0.2) is 11.4 Å². The average Bonchev–Trinajstić information content (AvgIpc) is 2.76. The highest BCUT2D eigenvalue weighted by Crippen LogP contribution is 2.29. The molecule has 2 aromatic rings. The number of aldehydes is 1. The minimum Gasteiger partial charge on any atom is -0.360 e. The Morgan fingerprint density at radius 3 is 2.67 bits per heavy atom. The molecule has 0 N–H and O–H groups in total. The Labute approximate surface area is 100 Å². The molecule has 3 nitrogen and oxygen atoms in total. The van der Waals surface area contributed by atoms with E-state index in [0.29, 0.717) is 17.6 Å². The van der Waals surface area contributed by atoms with Crippen molar-refractivity contribution >= 4 is 6.29 Å². The summed E-state index contributed by atoms with van der Waals surface area (Å²) in [6.45, 7) is 0. The topological polar surface area (TPSA) is 43.1 Å². The first-order valence-corrected chi connectivity index (χ1v) is 5.06. The van der Waals surface area contributed by atoms with Crippen molar-refractivity contribution in [3.05, 3.63) is 52.9 Å². The van der Waals surface area contributed by atoms with Gasteiger partial charge in [0.2, 0.25) is 0 Å². The Kier molecular flexibility index (Phi) is 3.18. The molecule has 0 aliphatic carbocycles. The molecule has 0 aliphatic rings. The van der Waals surface area contributed by atoms with Crippen LogP contribution in [0.15, 0.2) is 34.9 Å². The quantitative estimate of drug-likeness (QED) is 0.791. The van der Waals surface area contributed by atoms with E-state index in [2.05, 4.69) is 5.16 Å². The molecule has 2 rings (SSSR count). The van der Waals surface area contributed by atoms with E-state index in [0.717, 1.165) is 12.1 Å². The maximum Gasteiger partial charge on any atom is 0.416 e. The van der Waals surface area contributed by atoms with Crippen LogP contribution in [0.4, 0.5) is 13.2 Å². The number of halogens is 3. The molecule has 1 heterocycles. The van der Waals surface area contributed by atoms with Gasteiger partial charge in [-0.2, -0.15) is 13.2 Å². The zero-order chi connectivity index (χ0) is 13.2. The molecule has 0 amide bonds. The number of carbonyl (C=O) groups is 1. The second-order valence-corrected chi connectivity index (χ2v) is 3.71. The van der Waals surface area contributed by atoms with Crippen molar-refractivity contribution < 1.29 is 22.5 Å². The lowest BCUT2D eigenvalue weighted by molar-refractivity contribution is -0.137. The number of alkyl halides is 3. The average molecular weight is 255 g/mol. The lowest BCUT2D eigenvalue weighted by atomic mass is 10.1. The van der Waals surface area contributed by atoms with Gasteiger partial charge < -0.3 is 4.52 Å². The van der Waals surface area contributed by atoms with Crippen molar-refractivity contribution in [3.63, 3.8) is 0 Å². The van der Waals surface area contributed by atoms with Gasteiger partial charge in [0, 0.05) is 12.5 Å². The van der Waals surface area contributed by atoms with Gasteiger partial charge in [-0.1, -0.05) is 23.4 Å². The van der Waals surface area contributed by atoms with Gasteiger partial charge >= 0.3 is 6.18 Å². The summed E-state index contributed by atoms with van der Waals surface area (Å²) >= 11 is 0. The third kappa shape index (κ3) is 2.77. The highest BCUT2D eigenvalue weighted by molar-refractivity contribution is 5.71. The van der Waals surface area contributed by atoms with Gasteiger partial charge in [0.15, 0.2) is 6.29 Å². The van der Waals surface area contributed by atoms with Gasteiger partial charge in [0.05, 0.1) is 5.56 Å². The van der Waals surface area contributed by atoms with Gasteiger partial charge in [-0.15, -0.1) is 0 Å². The molecule has 1 aromatic heterocycles. The van der Waals surface area contributed by atoms with E-state index in [-0.39, 0.29) is 12.1 Å². The van der Waals surface area contributed by atoms with E-state index in [1.165, 1.54) is 12.1 Å². The predicted molar refractivity (Wildman–Crippen MR) is 56.1 cm³/mol. The lowest BCUT2D eigenvalue weighted by Crippen LogP contribution is -2.05. The van der Waals surface area contributed by atoms with Gasteiger partial charge in [0.1, 0.15) is 11.5 Å². The minimum absolute atomic E-state index is 0.122. The second-order valence-electron chi connectivity index (χ2n) is 3.71. The molecule has 0 unspecified atom stereocenters. The standard InChI is InChI=1S/C12H8F3NO2/c13-12(14,15)9-3-1-2-8(4-9)5-11-6-10(7-17)16-18-11/h1-4,6-7H,5H2. The van der Waals surface area contributed by atoms with Crippen LogP contribution < -0.4 is 0 Å². The molecule has 0 aliphatic heterocycles. The van der Waals surface area contributed by atoms with Crippen LogP contribution in [0.1, 0.15) is 27.4 Å². The summed E-state index contributed by atoms with van der Waals surface area (Å²) in [6.07, 6.45) is -3.70. The van der Waals surface area contributed by atoms with E-state index in [1.54, 1.807) is 6.07 Å². The largest absolute Gasteiger partial charge is 0.416 e. The van der Waals surface area contributed by atoms with Gasteiger partial charge in [-0.3, -0.25) is 4.79 Å². The first-order chi connectivity index (χ1) is 8.49. The Morgan fingerprint density at radius 1 is 1.28 bits per heavy atom. The van der Waals surface area contributed by atoms with Crippen LogP contribution in [0.25, 0.3) is 0 Å². The zero-order valence-electron chi connectivity index (χ0n) is 9.07. The summed E-state index contributed by atoms with van der Waals surface area (Å²) in [7, 11) is 0. The van der Waals surface area contributed by atoms with Gasteiger partial charge in [-0.25, -0.2) is 0 Å². The molecule has 94 valence electrons. The third-order valence-electron chi connectivity index (χ3n) is 2.33. The molecule has 0 fully saturated rings. The molecule has 0 saturated heterocycles. The van der Waals surface area contributed by atoms with Crippen molar-refractivity contribution in [3.8, 4) is 0 Å². The predicted octanol–water partition coefficient (Wildman–Crippen LogP) is 3.10. The molecule has 0 bridgehead atoms. The summed E-state index contributed by atoms with van der Waals surface area (Å²) in [4.78, 5) is 10.4. The van der Waals surface area contributed by atoms with E-state index in [9.17, 15) is 18.0 Å². The maximum absolute atomic E-state index is 12.5. The molecule has 1 aromatic carbocycles. The summed E-state index contributed by atoms with van der Waals surface area (Å²) in [5.74, 6) is 0.344. The second kappa shape index (κ2) is 4.64. The monoisotopic (exact) mass is 255 g/mol. The first-order valence-electron chi connectivity index (χ1n) is 5.06. The number of carbonyl (C=O) groups excluding carboxylic acids is 1. The Bertz CT molecular complexity index is 560. The number of hydrogen-bond acceptors (Lipinski definition) is 3. The van der Waals surface area contributed by atoms with Crippen molar-refractivity contribution in [1.29, 1.82) is 0 Å². The highest BCUT2D eigenvalue weighted by Gasteiger charge is 2.30. The molecular weight excluding hydrogens is 247 g/mol. The van der Waals surface area contributed by atoms with Gasteiger partial charge in [-0.05, 0) is 11.6 Å². The molecule has 6 heteroatoms. The van der Waals surface area contributed by atoms with Crippen LogP contribution in [0, 0.1) is 0 Å². The van der Waals surface area contributed by atoms with E-state index < -0.39 is 11.7 Å². The van der Waals surface area contributed by atoms with E-state index in [4.69, 9.17) is 4.52 Å². The first kappa shape index (κ1) is 12.3. The normalized spacial score (nSPS) is 11.5. The van der Waals surface area contributed by atoms with Crippen molar-refractivity contribution in [1.82, 2.24) is 5.16 Å². The molecular formula is C12H8F3NO2. The molecule has 0 saturated carbocycles. The Balaban J connectivity index is 2.21. The van der Waals surface area contributed by atoms with Crippen LogP contribution >= 0.6 is 0 Å². The van der Waals surface area contributed by atoms with E-state index in [1.807, 2.05) is 0 Å². The van der Waals surface area contributed by atoms with Crippen LogP contribution in [0.2, 0.25) is 0 Å². The third-order valence-corrected chi connectivity index (χ3v) is 2.33. The number of hydrogen-bond donors (Lipinski definition) is 0. The fraction of sp³-hybridized carbons (Fsp3) is 0.167. The van der Waals surface area contributed by atoms with Crippen molar-refractivity contribution in [2.75, 3.05) is 0 Å². The van der Waals surface area contributed by atoms with Gasteiger partial charge in [0.25, 0.3) is 0 Å². The van der Waals surface area contributed by atoms with Crippen molar-refractivity contribution in [2.24, 2.45) is 0 Å². The van der Waals surface area contributed by atoms with Crippen LogP contribution in [0.3, 0.4) is 0 Å². The summed E-state index contributed by atoms with van der Waals surface area (Å²) in [5.41, 5.74) is -0.148. The fourth-order valence-corrected chi connectivity index (χ4v) is 1.53. The Morgan fingerprint density at radius 2 is 2.06 bits per heavy atom. The fourth-order valence-electron chi connectivity index (χ4n) is 1.53. The van der Waals surface area contributed by atoms with E-state index >= 15 is 0 Å². The molecule has 18 heavy (non-hydrogen) atoms. The summed E-state index contributed by atoms with van der Waals surface area (Å²) in [6, 6.07) is 6.32. The SMILES string of the molecule is O=Cc1cc(Cc2cccc(C(F)(F)F)c2)on1. The number of benzene rings is 1. The minimum atomic E-state index is -4.37. The lowest BCUT2D eigenvalue weighted by Gasteiger charge is -2.07. The Hall–Kier alpha value is -2.11. The number of aromatic nitrogens is 1.